The molecule has 0 bridgehead atoms. The van der Waals surface area contributed by atoms with Gasteiger partial charge in [0.25, 0.3) is 0 Å². The SMILES string of the molecule is COC(=O)C1CC(C)CNC1C(C)C. The number of hydrogen-bond acceptors (Lipinski definition) is 3. The first-order valence-corrected chi connectivity index (χ1v) is 5.37. The summed E-state index contributed by atoms with van der Waals surface area (Å²) in [5.41, 5.74) is 0. The topological polar surface area (TPSA) is 38.3 Å². The summed E-state index contributed by atoms with van der Waals surface area (Å²) in [6.07, 6.45) is 0.947. The minimum Gasteiger partial charge on any atom is -0.469 e. The summed E-state index contributed by atoms with van der Waals surface area (Å²) in [4.78, 5) is 11.6. The predicted octanol–water partition coefficient (Wildman–Crippen LogP) is 1.43. The van der Waals surface area contributed by atoms with Gasteiger partial charge in [0.2, 0.25) is 0 Å². The molecular weight excluding hydrogens is 178 g/mol. The summed E-state index contributed by atoms with van der Waals surface area (Å²) < 4.78 is 4.84. The molecule has 1 aliphatic rings. The molecule has 3 heteroatoms. The van der Waals surface area contributed by atoms with Crippen LogP contribution in [0.3, 0.4) is 0 Å². The highest BCUT2D eigenvalue weighted by atomic mass is 16.5. The molecular formula is C11H21NO2. The van der Waals surface area contributed by atoms with Gasteiger partial charge < -0.3 is 10.1 Å². The van der Waals surface area contributed by atoms with Crippen LogP contribution >= 0.6 is 0 Å². The Kier molecular flexibility index (Phi) is 3.93. The zero-order valence-electron chi connectivity index (χ0n) is 9.54. The lowest BCUT2D eigenvalue weighted by Gasteiger charge is -2.36. The van der Waals surface area contributed by atoms with E-state index in [1.165, 1.54) is 7.11 Å². The van der Waals surface area contributed by atoms with E-state index in [1.807, 2.05) is 0 Å². The molecule has 3 atom stereocenters. The van der Waals surface area contributed by atoms with Crippen molar-refractivity contribution in [1.29, 1.82) is 0 Å². The van der Waals surface area contributed by atoms with Crippen LogP contribution in [0.15, 0.2) is 0 Å². The molecule has 0 aromatic carbocycles. The molecule has 0 amide bonds. The van der Waals surface area contributed by atoms with E-state index in [9.17, 15) is 4.79 Å². The van der Waals surface area contributed by atoms with Crippen molar-refractivity contribution in [2.45, 2.75) is 33.2 Å². The molecule has 82 valence electrons. The van der Waals surface area contributed by atoms with Crippen LogP contribution in [-0.4, -0.2) is 25.7 Å². The third kappa shape index (κ3) is 2.47. The number of rotatable bonds is 2. The minimum absolute atomic E-state index is 0.0312. The van der Waals surface area contributed by atoms with Crippen LogP contribution in [0.25, 0.3) is 0 Å². The maximum atomic E-state index is 11.6. The van der Waals surface area contributed by atoms with E-state index >= 15 is 0 Å². The third-order valence-corrected chi connectivity index (χ3v) is 3.01. The van der Waals surface area contributed by atoms with Gasteiger partial charge in [-0.2, -0.15) is 0 Å². The van der Waals surface area contributed by atoms with Crippen molar-refractivity contribution in [2.24, 2.45) is 17.8 Å². The number of nitrogens with one attached hydrogen (secondary N) is 1. The Bertz CT molecular complexity index is 203. The number of carbonyl (C=O) groups is 1. The van der Waals surface area contributed by atoms with E-state index in [2.05, 4.69) is 26.1 Å². The van der Waals surface area contributed by atoms with Gasteiger partial charge in [-0.25, -0.2) is 0 Å². The highest BCUT2D eigenvalue weighted by Gasteiger charge is 2.35. The Morgan fingerprint density at radius 3 is 2.64 bits per heavy atom. The third-order valence-electron chi connectivity index (χ3n) is 3.01. The maximum Gasteiger partial charge on any atom is 0.310 e. The number of ether oxygens (including phenoxy) is 1. The molecule has 1 rings (SSSR count). The van der Waals surface area contributed by atoms with Crippen molar-refractivity contribution < 1.29 is 9.53 Å². The largest absolute Gasteiger partial charge is 0.469 e. The molecule has 0 spiro atoms. The van der Waals surface area contributed by atoms with Crippen molar-refractivity contribution in [1.82, 2.24) is 5.32 Å². The molecule has 0 aromatic heterocycles. The number of carbonyl (C=O) groups excluding carboxylic acids is 1. The van der Waals surface area contributed by atoms with Gasteiger partial charge in [0.1, 0.15) is 0 Å². The highest BCUT2D eigenvalue weighted by Crippen LogP contribution is 2.26. The maximum absolute atomic E-state index is 11.6. The van der Waals surface area contributed by atoms with Gasteiger partial charge in [0.15, 0.2) is 0 Å². The number of methoxy groups -OCH3 is 1. The number of esters is 1. The fourth-order valence-electron chi connectivity index (χ4n) is 2.24. The van der Waals surface area contributed by atoms with Gasteiger partial charge in [0.05, 0.1) is 13.0 Å². The second-order valence-corrected chi connectivity index (χ2v) is 4.65. The molecule has 1 saturated heterocycles. The first-order valence-electron chi connectivity index (χ1n) is 5.37. The predicted molar refractivity (Wildman–Crippen MR) is 55.9 cm³/mol. The molecule has 14 heavy (non-hydrogen) atoms. The van der Waals surface area contributed by atoms with Gasteiger partial charge in [0, 0.05) is 6.04 Å². The fourth-order valence-corrected chi connectivity index (χ4v) is 2.24. The zero-order valence-corrected chi connectivity index (χ0v) is 9.54. The summed E-state index contributed by atoms with van der Waals surface area (Å²) >= 11 is 0. The van der Waals surface area contributed by atoms with E-state index in [0.717, 1.165) is 13.0 Å². The molecule has 1 fully saturated rings. The van der Waals surface area contributed by atoms with Crippen molar-refractivity contribution in [2.75, 3.05) is 13.7 Å². The lowest BCUT2D eigenvalue weighted by atomic mass is 9.80. The summed E-state index contributed by atoms with van der Waals surface area (Å²) in [5.74, 6) is 1.01. The van der Waals surface area contributed by atoms with E-state index in [4.69, 9.17) is 4.74 Å². The molecule has 0 aromatic rings. The van der Waals surface area contributed by atoms with Gasteiger partial charge >= 0.3 is 5.97 Å². The van der Waals surface area contributed by atoms with Crippen LogP contribution in [0.2, 0.25) is 0 Å². The van der Waals surface area contributed by atoms with Crippen LogP contribution in [0.1, 0.15) is 27.2 Å². The summed E-state index contributed by atoms with van der Waals surface area (Å²) in [6.45, 7) is 7.46. The average Bonchev–Trinajstić information content (AvgIpc) is 2.16. The molecule has 0 radical (unpaired) electrons. The van der Waals surface area contributed by atoms with Gasteiger partial charge in [-0.1, -0.05) is 20.8 Å². The Balaban J connectivity index is 2.68. The monoisotopic (exact) mass is 199 g/mol. The lowest BCUT2D eigenvalue weighted by Crippen LogP contribution is -2.50. The van der Waals surface area contributed by atoms with E-state index < -0.39 is 0 Å². The number of piperidine rings is 1. The van der Waals surface area contributed by atoms with Crippen LogP contribution in [0.5, 0.6) is 0 Å². The van der Waals surface area contributed by atoms with Crippen molar-refractivity contribution >= 4 is 5.97 Å². The lowest BCUT2D eigenvalue weighted by molar-refractivity contribution is -0.148. The Labute approximate surface area is 86.2 Å². The fraction of sp³-hybridized carbons (Fsp3) is 0.909. The minimum atomic E-state index is -0.0669. The van der Waals surface area contributed by atoms with E-state index in [0.29, 0.717) is 11.8 Å². The van der Waals surface area contributed by atoms with Gasteiger partial charge in [-0.3, -0.25) is 4.79 Å². The average molecular weight is 199 g/mol. The molecule has 0 aliphatic carbocycles. The standard InChI is InChI=1S/C11H21NO2/c1-7(2)10-9(11(13)14-4)5-8(3)6-12-10/h7-10,12H,5-6H2,1-4H3. The van der Waals surface area contributed by atoms with Crippen LogP contribution in [0, 0.1) is 17.8 Å². The summed E-state index contributed by atoms with van der Waals surface area (Å²) in [5, 5.41) is 3.43. The molecule has 1 aliphatic heterocycles. The van der Waals surface area contributed by atoms with Gasteiger partial charge in [-0.05, 0) is 24.8 Å². The highest BCUT2D eigenvalue weighted by molar-refractivity contribution is 5.73. The normalized spacial score (nSPS) is 33.1. The van der Waals surface area contributed by atoms with Crippen molar-refractivity contribution in [3.63, 3.8) is 0 Å². The number of hydrogen-bond donors (Lipinski definition) is 1. The molecule has 1 N–H and O–H groups in total. The van der Waals surface area contributed by atoms with Crippen LogP contribution < -0.4 is 5.32 Å². The van der Waals surface area contributed by atoms with Crippen LogP contribution in [-0.2, 0) is 9.53 Å². The Morgan fingerprint density at radius 2 is 2.14 bits per heavy atom. The molecule has 0 saturated carbocycles. The zero-order chi connectivity index (χ0) is 10.7. The van der Waals surface area contributed by atoms with Crippen LogP contribution in [0.4, 0.5) is 0 Å². The molecule has 3 unspecified atom stereocenters. The summed E-state index contributed by atoms with van der Waals surface area (Å²) in [6, 6.07) is 0.277. The van der Waals surface area contributed by atoms with Crippen molar-refractivity contribution in [3.05, 3.63) is 0 Å². The first-order chi connectivity index (χ1) is 6.56. The first kappa shape index (κ1) is 11.5. The van der Waals surface area contributed by atoms with E-state index in [1.54, 1.807) is 0 Å². The second kappa shape index (κ2) is 4.78. The van der Waals surface area contributed by atoms with E-state index in [-0.39, 0.29) is 17.9 Å². The smallest absolute Gasteiger partial charge is 0.310 e. The quantitative estimate of drug-likeness (QED) is 0.684. The van der Waals surface area contributed by atoms with Gasteiger partial charge in [-0.15, -0.1) is 0 Å². The Morgan fingerprint density at radius 1 is 1.50 bits per heavy atom. The Hall–Kier alpha value is -0.570. The van der Waals surface area contributed by atoms with Crippen molar-refractivity contribution in [3.8, 4) is 0 Å². The summed E-state index contributed by atoms with van der Waals surface area (Å²) in [7, 11) is 1.47. The molecule has 1 heterocycles. The molecule has 3 nitrogen and oxygen atoms in total. The second-order valence-electron chi connectivity index (χ2n) is 4.65.